The van der Waals surface area contributed by atoms with Crippen LogP contribution in [-0.4, -0.2) is 48.0 Å². The molecule has 2 aliphatic carbocycles. The molecular formula is C22H39NO2. The van der Waals surface area contributed by atoms with Gasteiger partial charge in [0, 0.05) is 5.92 Å². The van der Waals surface area contributed by atoms with E-state index in [0.29, 0.717) is 11.8 Å². The van der Waals surface area contributed by atoms with E-state index in [9.17, 15) is 10.2 Å². The average Bonchev–Trinajstić information content (AvgIpc) is 3.06. The van der Waals surface area contributed by atoms with Crippen LogP contribution in [-0.2, 0) is 0 Å². The summed E-state index contributed by atoms with van der Waals surface area (Å²) in [6, 6.07) is 0. The largest absolute Gasteiger partial charge is 0.392 e. The maximum atomic E-state index is 10.4. The Hall–Kier alpha value is -0.640. The van der Waals surface area contributed by atoms with Crippen LogP contribution in [0.2, 0.25) is 0 Å². The van der Waals surface area contributed by atoms with Crippen molar-refractivity contribution in [1.29, 1.82) is 0 Å². The van der Waals surface area contributed by atoms with Gasteiger partial charge in [-0.15, -0.1) is 0 Å². The predicted octanol–water partition coefficient (Wildman–Crippen LogP) is 4.16. The zero-order valence-electron chi connectivity index (χ0n) is 16.5. The van der Waals surface area contributed by atoms with Gasteiger partial charge in [-0.1, -0.05) is 50.0 Å². The molecule has 2 fully saturated rings. The Morgan fingerprint density at radius 2 is 2.00 bits per heavy atom. The summed E-state index contributed by atoms with van der Waals surface area (Å²) in [4.78, 5) is 2.24. The van der Waals surface area contributed by atoms with Gasteiger partial charge in [0.1, 0.15) is 0 Å². The highest BCUT2D eigenvalue weighted by atomic mass is 16.3. The lowest BCUT2D eigenvalue weighted by atomic mass is 9.90. The van der Waals surface area contributed by atoms with Gasteiger partial charge in [0.05, 0.1) is 12.2 Å². The third kappa shape index (κ3) is 6.54. The predicted molar refractivity (Wildman–Crippen MR) is 105 cm³/mol. The molecule has 0 amide bonds. The first-order valence-corrected chi connectivity index (χ1v) is 10.4. The number of hydrogen-bond acceptors (Lipinski definition) is 3. The lowest BCUT2D eigenvalue weighted by Gasteiger charge is -2.18. The van der Waals surface area contributed by atoms with Crippen LogP contribution >= 0.6 is 0 Å². The van der Waals surface area contributed by atoms with Crippen molar-refractivity contribution in [3.8, 4) is 0 Å². The van der Waals surface area contributed by atoms with Crippen molar-refractivity contribution in [2.45, 2.75) is 76.9 Å². The number of rotatable bonds is 10. The summed E-state index contributed by atoms with van der Waals surface area (Å²) in [5.41, 5.74) is 1.60. The Morgan fingerprint density at radius 3 is 2.72 bits per heavy atom. The molecule has 0 aromatic rings. The maximum Gasteiger partial charge on any atom is 0.0721 e. The Labute approximate surface area is 154 Å². The molecule has 0 aromatic heterocycles. The molecule has 5 atom stereocenters. The van der Waals surface area contributed by atoms with Gasteiger partial charge in [0.25, 0.3) is 0 Å². The van der Waals surface area contributed by atoms with Gasteiger partial charge >= 0.3 is 0 Å². The third-order valence-corrected chi connectivity index (χ3v) is 6.01. The first-order chi connectivity index (χ1) is 12.0. The van der Waals surface area contributed by atoms with E-state index in [4.69, 9.17) is 0 Å². The summed E-state index contributed by atoms with van der Waals surface area (Å²) in [6.07, 6.45) is 15.9. The van der Waals surface area contributed by atoms with Crippen LogP contribution < -0.4 is 0 Å². The van der Waals surface area contributed by atoms with Gasteiger partial charge < -0.3 is 15.1 Å². The summed E-state index contributed by atoms with van der Waals surface area (Å²) in [7, 11) is 4.25. The van der Waals surface area contributed by atoms with Gasteiger partial charge in [0.15, 0.2) is 0 Å². The summed E-state index contributed by atoms with van der Waals surface area (Å²) in [5, 5.41) is 20.5. The van der Waals surface area contributed by atoms with E-state index in [0.717, 1.165) is 32.2 Å². The molecule has 2 rings (SSSR count). The number of aliphatic hydroxyl groups excluding tert-OH is 2. The van der Waals surface area contributed by atoms with Crippen molar-refractivity contribution < 1.29 is 10.2 Å². The van der Waals surface area contributed by atoms with E-state index in [1.807, 2.05) is 6.08 Å². The molecule has 0 spiro atoms. The zero-order chi connectivity index (χ0) is 18.2. The van der Waals surface area contributed by atoms with Crippen molar-refractivity contribution >= 4 is 0 Å². The number of fused-ring (bicyclic) bond motifs is 1. The van der Waals surface area contributed by atoms with E-state index in [1.165, 1.54) is 32.1 Å². The van der Waals surface area contributed by atoms with Crippen LogP contribution in [0.4, 0.5) is 0 Å². The quantitative estimate of drug-likeness (QED) is 0.460. The first kappa shape index (κ1) is 20.7. The lowest BCUT2D eigenvalue weighted by molar-refractivity contribution is 0.139. The normalized spacial score (nSPS) is 32.2. The Bertz CT molecular complexity index is 443. The minimum absolute atomic E-state index is 0.218. The second-order valence-electron chi connectivity index (χ2n) is 8.47. The van der Waals surface area contributed by atoms with Crippen LogP contribution in [0.5, 0.6) is 0 Å². The second kappa shape index (κ2) is 10.5. The minimum atomic E-state index is -0.347. The summed E-state index contributed by atoms with van der Waals surface area (Å²) in [5.74, 6) is 1.45. The van der Waals surface area contributed by atoms with Gasteiger partial charge in [-0.2, -0.15) is 0 Å². The molecule has 0 bridgehead atoms. The summed E-state index contributed by atoms with van der Waals surface area (Å²) >= 11 is 0. The van der Waals surface area contributed by atoms with Crippen molar-refractivity contribution in [3.63, 3.8) is 0 Å². The van der Waals surface area contributed by atoms with E-state index in [-0.39, 0.29) is 18.1 Å². The molecule has 0 heterocycles. The molecule has 25 heavy (non-hydrogen) atoms. The van der Waals surface area contributed by atoms with Gasteiger partial charge in [-0.3, -0.25) is 0 Å². The molecule has 0 saturated heterocycles. The smallest absolute Gasteiger partial charge is 0.0721 e. The Balaban J connectivity index is 1.82. The molecule has 2 saturated carbocycles. The topological polar surface area (TPSA) is 43.7 Å². The molecule has 0 radical (unpaired) electrons. The molecule has 3 nitrogen and oxygen atoms in total. The van der Waals surface area contributed by atoms with Crippen LogP contribution in [0, 0.1) is 17.8 Å². The number of unbranched alkanes of at least 4 members (excludes halogenated alkanes) is 3. The number of aliphatic hydroxyl groups is 2. The fourth-order valence-corrected chi connectivity index (χ4v) is 4.61. The molecule has 144 valence electrons. The standard InChI is InChI=1S/C22H39NO2/c1-4-5-6-10-19(24)11-12-20-21-15-17(9-7-8-13-23(2)3)14-18(21)16-22(20)25/h9,11-12,18-22,24-25H,4-8,10,13-16H2,1-3H3/t18-,19-,20+,21-,22+/m0/s1. The van der Waals surface area contributed by atoms with Crippen molar-refractivity contribution in [2.24, 2.45) is 17.8 Å². The lowest BCUT2D eigenvalue weighted by Crippen LogP contribution is -2.17. The monoisotopic (exact) mass is 349 g/mol. The van der Waals surface area contributed by atoms with E-state index in [2.05, 4.69) is 38.1 Å². The highest BCUT2D eigenvalue weighted by molar-refractivity contribution is 5.18. The van der Waals surface area contributed by atoms with Crippen LogP contribution in [0.3, 0.4) is 0 Å². The SMILES string of the molecule is CCCCC[C@H](O)C=C[C@@H]1[C@H]2CC(=CCCCN(C)C)C[C@H]2C[C@H]1O. The molecule has 0 unspecified atom stereocenters. The second-order valence-corrected chi connectivity index (χ2v) is 8.47. The highest BCUT2D eigenvalue weighted by Crippen LogP contribution is 2.50. The van der Waals surface area contributed by atoms with Crippen molar-refractivity contribution in [3.05, 3.63) is 23.8 Å². The third-order valence-electron chi connectivity index (χ3n) is 6.01. The molecule has 2 aliphatic rings. The molecular weight excluding hydrogens is 310 g/mol. The molecule has 2 N–H and O–H groups in total. The number of nitrogens with zero attached hydrogens (tertiary/aromatic N) is 1. The molecule has 3 heteroatoms. The van der Waals surface area contributed by atoms with E-state index in [1.54, 1.807) is 5.57 Å². The van der Waals surface area contributed by atoms with Crippen molar-refractivity contribution in [2.75, 3.05) is 20.6 Å². The van der Waals surface area contributed by atoms with Gasteiger partial charge in [-0.25, -0.2) is 0 Å². The summed E-state index contributed by atoms with van der Waals surface area (Å²) < 4.78 is 0. The first-order valence-electron chi connectivity index (χ1n) is 10.4. The van der Waals surface area contributed by atoms with Gasteiger partial charge in [-0.05, 0) is 71.0 Å². The number of allylic oxidation sites excluding steroid dienone is 2. The van der Waals surface area contributed by atoms with Crippen molar-refractivity contribution in [1.82, 2.24) is 4.90 Å². The number of hydrogen-bond donors (Lipinski definition) is 2. The molecule has 0 aliphatic heterocycles. The Morgan fingerprint density at radius 1 is 1.20 bits per heavy atom. The van der Waals surface area contributed by atoms with Crippen LogP contribution in [0.1, 0.15) is 64.7 Å². The van der Waals surface area contributed by atoms with E-state index < -0.39 is 0 Å². The average molecular weight is 350 g/mol. The summed E-state index contributed by atoms with van der Waals surface area (Å²) in [6.45, 7) is 3.33. The maximum absolute atomic E-state index is 10.4. The minimum Gasteiger partial charge on any atom is -0.392 e. The van der Waals surface area contributed by atoms with Crippen LogP contribution in [0.15, 0.2) is 23.8 Å². The molecule has 0 aromatic carbocycles. The van der Waals surface area contributed by atoms with E-state index >= 15 is 0 Å². The fourth-order valence-electron chi connectivity index (χ4n) is 4.61. The fraction of sp³-hybridized carbons (Fsp3) is 0.818. The Kier molecular flexibility index (Phi) is 8.68. The van der Waals surface area contributed by atoms with Crippen LogP contribution in [0.25, 0.3) is 0 Å². The zero-order valence-corrected chi connectivity index (χ0v) is 16.5. The highest BCUT2D eigenvalue weighted by Gasteiger charge is 2.44. The van der Waals surface area contributed by atoms with Gasteiger partial charge in [0.2, 0.25) is 0 Å².